The highest BCUT2D eigenvalue weighted by molar-refractivity contribution is 9.09. The molecule has 7 heteroatoms. The maximum Gasteiger partial charge on any atom is 0.236 e. The molecular weight excluding hydrogens is 302 g/mol. The van der Waals surface area contributed by atoms with Gasteiger partial charge in [-0.15, -0.1) is 0 Å². The molecule has 0 aliphatic carbocycles. The van der Waals surface area contributed by atoms with Gasteiger partial charge in [-0.2, -0.15) is 0 Å². The summed E-state index contributed by atoms with van der Waals surface area (Å²) in [4.78, 5) is 15.0. The van der Waals surface area contributed by atoms with Crippen molar-refractivity contribution in [2.75, 3.05) is 10.6 Å². The van der Waals surface area contributed by atoms with E-state index in [1.807, 2.05) is 0 Å². The van der Waals surface area contributed by atoms with Gasteiger partial charge < -0.3 is 5.32 Å². The minimum absolute atomic E-state index is 0.125. The van der Waals surface area contributed by atoms with Gasteiger partial charge in [0, 0.05) is 12.1 Å². The van der Waals surface area contributed by atoms with Gasteiger partial charge in [-0.25, -0.2) is 13.8 Å². The number of aromatic nitrogens is 1. The van der Waals surface area contributed by atoms with E-state index in [1.54, 1.807) is 0 Å². The standard InChI is InChI=1S/C9H5BrF2N2OS/c10-3-7(15)14-9-13-6-2-4(11)1-5(12)8(6)16-9/h1-2H,3H2,(H,13,14,15). The maximum absolute atomic E-state index is 13.3. The number of rotatable bonds is 2. The molecule has 84 valence electrons. The molecule has 1 heterocycles. The van der Waals surface area contributed by atoms with Crippen molar-refractivity contribution in [2.45, 2.75) is 0 Å². The molecule has 0 aliphatic heterocycles. The highest BCUT2D eigenvalue weighted by atomic mass is 79.9. The molecule has 0 radical (unpaired) electrons. The van der Waals surface area contributed by atoms with Crippen LogP contribution < -0.4 is 5.32 Å². The summed E-state index contributed by atoms with van der Waals surface area (Å²) in [5, 5.41) is 2.84. The number of nitrogens with zero attached hydrogens (tertiary/aromatic N) is 1. The lowest BCUT2D eigenvalue weighted by Gasteiger charge is -1.94. The fourth-order valence-corrected chi connectivity index (χ4v) is 2.17. The number of hydrogen-bond donors (Lipinski definition) is 1. The summed E-state index contributed by atoms with van der Waals surface area (Å²) in [7, 11) is 0. The minimum atomic E-state index is -0.686. The summed E-state index contributed by atoms with van der Waals surface area (Å²) in [5.74, 6) is -1.65. The summed E-state index contributed by atoms with van der Waals surface area (Å²) in [6.07, 6.45) is 0. The molecule has 1 N–H and O–H groups in total. The van der Waals surface area contributed by atoms with Crippen LogP contribution in [0.4, 0.5) is 13.9 Å². The van der Waals surface area contributed by atoms with Crippen molar-refractivity contribution < 1.29 is 13.6 Å². The molecule has 3 nitrogen and oxygen atoms in total. The quantitative estimate of drug-likeness (QED) is 0.867. The van der Waals surface area contributed by atoms with E-state index in [0.717, 1.165) is 23.5 Å². The van der Waals surface area contributed by atoms with Crippen LogP contribution >= 0.6 is 27.3 Å². The van der Waals surface area contributed by atoms with Crippen molar-refractivity contribution in [3.63, 3.8) is 0 Å². The average molecular weight is 307 g/mol. The number of amides is 1. The lowest BCUT2D eigenvalue weighted by atomic mass is 10.3. The van der Waals surface area contributed by atoms with Gasteiger partial charge in [-0.3, -0.25) is 4.79 Å². The number of carbonyl (C=O) groups is 1. The Morgan fingerprint density at radius 1 is 1.50 bits per heavy atom. The van der Waals surface area contributed by atoms with Crippen LogP contribution in [0.5, 0.6) is 0 Å². The molecule has 2 aromatic rings. The van der Waals surface area contributed by atoms with Crippen molar-refractivity contribution in [3.8, 4) is 0 Å². The summed E-state index contributed by atoms with van der Waals surface area (Å²) in [5.41, 5.74) is 0.201. The van der Waals surface area contributed by atoms with Gasteiger partial charge in [0.1, 0.15) is 11.6 Å². The molecule has 1 aromatic heterocycles. The first kappa shape index (κ1) is 11.4. The van der Waals surface area contributed by atoms with Gasteiger partial charge in [0.05, 0.1) is 15.5 Å². The lowest BCUT2D eigenvalue weighted by Crippen LogP contribution is -2.11. The van der Waals surface area contributed by atoms with E-state index in [0.29, 0.717) is 0 Å². The van der Waals surface area contributed by atoms with Crippen molar-refractivity contribution in [1.82, 2.24) is 4.98 Å². The first-order chi connectivity index (χ1) is 7.60. The number of anilines is 1. The summed E-state index contributed by atoms with van der Waals surface area (Å²) in [6, 6.07) is 1.91. The van der Waals surface area contributed by atoms with Gasteiger partial charge in [0.2, 0.25) is 5.91 Å². The zero-order chi connectivity index (χ0) is 11.7. The molecule has 0 unspecified atom stereocenters. The molecule has 0 saturated heterocycles. The second kappa shape index (κ2) is 4.42. The third-order valence-electron chi connectivity index (χ3n) is 1.78. The molecule has 0 fully saturated rings. The molecule has 2 rings (SSSR count). The van der Waals surface area contributed by atoms with Crippen LogP contribution in [0.3, 0.4) is 0 Å². The second-order valence-corrected chi connectivity index (χ2v) is 4.50. The minimum Gasteiger partial charge on any atom is -0.301 e. The van der Waals surface area contributed by atoms with Crippen LogP contribution in [0.2, 0.25) is 0 Å². The lowest BCUT2D eigenvalue weighted by molar-refractivity contribution is -0.113. The summed E-state index contributed by atoms with van der Waals surface area (Å²) >= 11 is 3.94. The fourth-order valence-electron chi connectivity index (χ4n) is 1.17. The van der Waals surface area contributed by atoms with E-state index in [4.69, 9.17) is 0 Å². The molecular formula is C9H5BrF2N2OS. The van der Waals surface area contributed by atoms with E-state index in [2.05, 4.69) is 26.2 Å². The van der Waals surface area contributed by atoms with Crippen molar-refractivity contribution in [3.05, 3.63) is 23.8 Å². The molecule has 0 saturated carbocycles. The van der Waals surface area contributed by atoms with Crippen LogP contribution in [0, 0.1) is 11.6 Å². The molecule has 0 spiro atoms. The molecule has 16 heavy (non-hydrogen) atoms. The molecule has 0 atom stereocenters. The SMILES string of the molecule is O=C(CBr)Nc1nc2cc(F)cc(F)c2s1. The Balaban J connectivity index is 2.44. The summed E-state index contributed by atoms with van der Waals surface area (Å²) in [6.45, 7) is 0. The zero-order valence-electron chi connectivity index (χ0n) is 7.76. The Morgan fingerprint density at radius 2 is 2.25 bits per heavy atom. The predicted octanol–water partition coefficient (Wildman–Crippen LogP) is 2.91. The van der Waals surface area contributed by atoms with Gasteiger partial charge in [0.25, 0.3) is 0 Å². The number of nitrogens with one attached hydrogen (secondary N) is 1. The van der Waals surface area contributed by atoms with Crippen molar-refractivity contribution >= 4 is 48.5 Å². The van der Waals surface area contributed by atoms with Crippen LogP contribution in [0.25, 0.3) is 10.2 Å². The van der Waals surface area contributed by atoms with E-state index in [-0.39, 0.29) is 26.6 Å². The fraction of sp³-hybridized carbons (Fsp3) is 0.111. The largest absolute Gasteiger partial charge is 0.301 e. The molecule has 1 amide bonds. The molecule has 1 aromatic carbocycles. The third-order valence-corrected chi connectivity index (χ3v) is 3.28. The van der Waals surface area contributed by atoms with Crippen LogP contribution in [-0.2, 0) is 4.79 Å². The number of benzene rings is 1. The van der Waals surface area contributed by atoms with E-state index in [9.17, 15) is 13.6 Å². The van der Waals surface area contributed by atoms with Crippen LogP contribution in [-0.4, -0.2) is 16.2 Å². The highest BCUT2D eigenvalue weighted by Gasteiger charge is 2.11. The maximum atomic E-state index is 13.3. The Bertz CT molecular complexity index is 558. The van der Waals surface area contributed by atoms with Gasteiger partial charge >= 0.3 is 0 Å². The normalized spacial score (nSPS) is 10.7. The first-order valence-electron chi connectivity index (χ1n) is 4.21. The van der Waals surface area contributed by atoms with Crippen molar-refractivity contribution in [1.29, 1.82) is 0 Å². The van der Waals surface area contributed by atoms with E-state index < -0.39 is 11.6 Å². The van der Waals surface area contributed by atoms with Gasteiger partial charge in [-0.1, -0.05) is 27.3 Å². The van der Waals surface area contributed by atoms with Gasteiger partial charge in [-0.05, 0) is 0 Å². The number of alkyl halides is 1. The monoisotopic (exact) mass is 306 g/mol. The number of halogens is 3. The predicted molar refractivity (Wildman–Crippen MR) is 62.0 cm³/mol. The van der Waals surface area contributed by atoms with E-state index in [1.165, 1.54) is 0 Å². The van der Waals surface area contributed by atoms with E-state index >= 15 is 0 Å². The topological polar surface area (TPSA) is 42.0 Å². The number of fused-ring (bicyclic) bond motifs is 1. The highest BCUT2D eigenvalue weighted by Crippen LogP contribution is 2.28. The van der Waals surface area contributed by atoms with Crippen molar-refractivity contribution in [2.24, 2.45) is 0 Å². The van der Waals surface area contributed by atoms with Crippen LogP contribution in [0.1, 0.15) is 0 Å². The Kier molecular flexibility index (Phi) is 3.15. The number of thiazole rings is 1. The zero-order valence-corrected chi connectivity index (χ0v) is 10.2. The van der Waals surface area contributed by atoms with Gasteiger partial charge in [0.15, 0.2) is 5.13 Å². The Labute approximate surface area is 102 Å². The first-order valence-corrected chi connectivity index (χ1v) is 6.15. The molecule has 0 aliphatic rings. The Hall–Kier alpha value is -1.08. The smallest absolute Gasteiger partial charge is 0.236 e. The summed E-state index contributed by atoms with van der Waals surface area (Å²) < 4.78 is 26.4. The average Bonchev–Trinajstić information content (AvgIpc) is 2.60. The molecule has 0 bridgehead atoms. The second-order valence-electron chi connectivity index (χ2n) is 2.94. The Morgan fingerprint density at radius 3 is 2.94 bits per heavy atom. The number of hydrogen-bond acceptors (Lipinski definition) is 3. The number of carbonyl (C=O) groups excluding carboxylic acids is 1. The van der Waals surface area contributed by atoms with Crippen LogP contribution in [0.15, 0.2) is 12.1 Å². The third kappa shape index (κ3) is 2.19.